The van der Waals surface area contributed by atoms with E-state index in [1.54, 1.807) is 34.0 Å². The first-order valence-corrected chi connectivity index (χ1v) is 13.6. The highest BCUT2D eigenvalue weighted by molar-refractivity contribution is 5.84. The van der Waals surface area contributed by atoms with Gasteiger partial charge in [-0.3, -0.25) is 0 Å². The summed E-state index contributed by atoms with van der Waals surface area (Å²) in [5.41, 5.74) is -0.680. The average Bonchev–Trinajstić information content (AvgIpc) is 3.22. The number of hydrogen-bond donors (Lipinski definition) is 2. The summed E-state index contributed by atoms with van der Waals surface area (Å²) >= 11 is 0. The SMILES string of the molecule is COc1ccc2c3c1O[C@H]1C(OC(=O)[C@H](C)OC(=O)[C@H](C)NC(=O)OC(C)(C)C)=CC[C@@]4(O)[C@H](C2)N(C)CC[C@]314. The van der Waals surface area contributed by atoms with Crippen LogP contribution in [0.1, 0.15) is 58.6 Å². The van der Waals surface area contributed by atoms with Crippen LogP contribution in [0.4, 0.5) is 4.79 Å². The highest BCUT2D eigenvalue weighted by Crippen LogP contribution is 2.65. The number of carbonyl (C=O) groups excluding carboxylic acids is 3. The lowest BCUT2D eigenvalue weighted by atomic mass is 9.50. The number of rotatable bonds is 6. The normalized spacial score (nSPS) is 29.6. The van der Waals surface area contributed by atoms with Gasteiger partial charge in [-0.25, -0.2) is 14.4 Å². The summed E-state index contributed by atoms with van der Waals surface area (Å²) in [6, 6.07) is 2.71. The molecule has 4 aliphatic rings. The number of likely N-dealkylation sites (N-methyl/N-ethyl adjacent to an activating group) is 1. The third kappa shape index (κ3) is 4.30. The first-order chi connectivity index (χ1) is 18.7. The molecule has 11 nitrogen and oxygen atoms in total. The van der Waals surface area contributed by atoms with Gasteiger partial charge < -0.3 is 39.0 Å². The molecule has 6 atom stereocenters. The fraction of sp³-hybridized carbons (Fsp3) is 0.621. The summed E-state index contributed by atoms with van der Waals surface area (Å²) in [6.45, 7) is 8.68. The number of carbonyl (C=O) groups is 3. The number of benzene rings is 1. The molecule has 1 saturated heterocycles. The van der Waals surface area contributed by atoms with Gasteiger partial charge >= 0.3 is 18.0 Å². The van der Waals surface area contributed by atoms with E-state index in [9.17, 15) is 19.5 Å². The van der Waals surface area contributed by atoms with Crippen molar-refractivity contribution < 1.29 is 43.2 Å². The predicted molar refractivity (Wildman–Crippen MR) is 142 cm³/mol. The Hall–Kier alpha value is -3.31. The Bertz CT molecular complexity index is 1270. The Kier molecular flexibility index (Phi) is 6.81. The molecular weight excluding hydrogens is 520 g/mol. The minimum atomic E-state index is -1.26. The lowest BCUT2D eigenvalue weighted by molar-refractivity contribution is -0.175. The number of esters is 2. The molecule has 1 fully saturated rings. The van der Waals surface area contributed by atoms with Gasteiger partial charge in [-0.2, -0.15) is 0 Å². The Balaban J connectivity index is 1.35. The van der Waals surface area contributed by atoms with Crippen molar-refractivity contribution in [2.45, 2.75) is 94.8 Å². The molecule has 0 aromatic heterocycles. The maximum absolute atomic E-state index is 13.1. The van der Waals surface area contributed by atoms with E-state index in [1.807, 2.05) is 19.2 Å². The lowest BCUT2D eigenvalue weighted by Crippen LogP contribution is -2.74. The Morgan fingerprint density at radius 3 is 2.60 bits per heavy atom. The standard InChI is InChI=1S/C29H38N2O9/c1-15(30-26(34)40-27(3,4)5)24(32)37-16(2)25(33)38-19-10-11-29(35)20-14-17-8-9-18(36-7)22-21(17)28(29,23(19)39-22)12-13-31(20)6/h8-10,15-16,20,23,35H,11-14H2,1-7H3,(H,30,34)/t15-,16-,20-,23-,28-,29+/m0/s1. The molecule has 0 radical (unpaired) electrons. The predicted octanol–water partition coefficient (Wildman–Crippen LogP) is 2.36. The largest absolute Gasteiger partial charge is 0.493 e. The summed E-state index contributed by atoms with van der Waals surface area (Å²) < 4.78 is 28.3. The van der Waals surface area contributed by atoms with Crippen molar-refractivity contribution in [1.29, 1.82) is 0 Å². The van der Waals surface area contributed by atoms with Crippen molar-refractivity contribution >= 4 is 18.0 Å². The second kappa shape index (κ2) is 9.66. The number of methoxy groups -OCH3 is 1. The molecule has 5 rings (SSSR count). The van der Waals surface area contributed by atoms with Crippen molar-refractivity contribution in [1.82, 2.24) is 10.2 Å². The summed E-state index contributed by atoms with van der Waals surface area (Å²) in [4.78, 5) is 39.9. The number of alkyl carbamates (subject to hydrolysis) is 1. The number of piperidine rings is 1. The summed E-state index contributed by atoms with van der Waals surface area (Å²) in [5, 5.41) is 14.7. The van der Waals surface area contributed by atoms with Crippen LogP contribution in [-0.4, -0.2) is 84.2 Å². The maximum atomic E-state index is 13.1. The highest BCUT2D eigenvalue weighted by atomic mass is 16.6. The van der Waals surface area contributed by atoms with Crippen LogP contribution in [-0.2, 0) is 35.6 Å². The molecule has 2 bridgehead atoms. The molecule has 2 aliphatic carbocycles. The van der Waals surface area contributed by atoms with Crippen LogP contribution < -0.4 is 14.8 Å². The molecule has 2 N–H and O–H groups in total. The molecule has 2 aliphatic heterocycles. The number of amides is 1. The third-order valence-electron chi connectivity index (χ3n) is 8.49. The minimum absolute atomic E-state index is 0.133. The number of nitrogens with zero attached hydrogens (tertiary/aromatic N) is 1. The summed E-state index contributed by atoms with van der Waals surface area (Å²) in [6.07, 6.45) is 0.448. The number of nitrogens with one attached hydrogen (secondary N) is 1. The number of likely N-dealkylation sites (tertiary alicyclic amines) is 1. The van der Waals surface area contributed by atoms with Crippen LogP contribution in [0.2, 0.25) is 0 Å². The fourth-order valence-corrected chi connectivity index (χ4v) is 6.65. The molecule has 11 heteroatoms. The Morgan fingerprint density at radius 1 is 1.20 bits per heavy atom. The van der Waals surface area contributed by atoms with Crippen molar-refractivity contribution in [3.8, 4) is 11.5 Å². The molecular formula is C29H38N2O9. The Labute approximate surface area is 233 Å². The van der Waals surface area contributed by atoms with E-state index < -0.39 is 52.9 Å². The van der Waals surface area contributed by atoms with Crippen LogP contribution in [0.25, 0.3) is 0 Å². The monoisotopic (exact) mass is 558 g/mol. The smallest absolute Gasteiger partial charge is 0.408 e. The molecule has 2 heterocycles. The quantitative estimate of drug-likeness (QED) is 0.396. The molecule has 0 unspecified atom stereocenters. The van der Waals surface area contributed by atoms with Gasteiger partial charge in [0.1, 0.15) is 17.4 Å². The molecule has 40 heavy (non-hydrogen) atoms. The van der Waals surface area contributed by atoms with Gasteiger partial charge in [-0.05, 0) is 78.8 Å². The van der Waals surface area contributed by atoms with Crippen LogP contribution >= 0.6 is 0 Å². The van der Waals surface area contributed by atoms with Crippen LogP contribution in [0, 0.1) is 0 Å². The zero-order valence-electron chi connectivity index (χ0n) is 24.0. The summed E-state index contributed by atoms with van der Waals surface area (Å²) in [5.74, 6) is -0.214. The van der Waals surface area contributed by atoms with Crippen molar-refractivity contribution in [3.05, 3.63) is 35.1 Å². The van der Waals surface area contributed by atoms with E-state index in [0.717, 1.165) is 17.7 Å². The fourth-order valence-electron chi connectivity index (χ4n) is 6.65. The molecule has 1 amide bonds. The van der Waals surface area contributed by atoms with Gasteiger partial charge in [-0.15, -0.1) is 0 Å². The highest BCUT2D eigenvalue weighted by Gasteiger charge is 2.72. The van der Waals surface area contributed by atoms with E-state index in [0.29, 0.717) is 24.3 Å². The van der Waals surface area contributed by atoms with E-state index >= 15 is 0 Å². The molecule has 1 spiro atoms. The van der Waals surface area contributed by atoms with Gasteiger partial charge in [0.2, 0.25) is 0 Å². The molecule has 1 aromatic rings. The second-order valence-corrected chi connectivity index (χ2v) is 12.2. The minimum Gasteiger partial charge on any atom is -0.493 e. The van der Waals surface area contributed by atoms with Crippen LogP contribution in [0.3, 0.4) is 0 Å². The number of aliphatic hydroxyl groups is 1. The topological polar surface area (TPSA) is 133 Å². The van der Waals surface area contributed by atoms with Gasteiger partial charge in [0.15, 0.2) is 23.7 Å². The zero-order chi connectivity index (χ0) is 29.2. The molecule has 1 aromatic carbocycles. The van der Waals surface area contributed by atoms with Crippen LogP contribution in [0.5, 0.6) is 11.5 Å². The van der Waals surface area contributed by atoms with Crippen molar-refractivity contribution in [2.75, 3.05) is 20.7 Å². The van der Waals surface area contributed by atoms with E-state index in [-0.39, 0.29) is 18.2 Å². The van der Waals surface area contributed by atoms with Gasteiger partial charge in [-0.1, -0.05) is 6.07 Å². The second-order valence-electron chi connectivity index (χ2n) is 12.2. The number of hydrogen-bond acceptors (Lipinski definition) is 10. The van der Waals surface area contributed by atoms with E-state index in [4.69, 9.17) is 23.7 Å². The van der Waals surface area contributed by atoms with Gasteiger partial charge in [0, 0.05) is 18.0 Å². The Morgan fingerprint density at radius 2 is 1.93 bits per heavy atom. The zero-order valence-corrected chi connectivity index (χ0v) is 24.0. The van der Waals surface area contributed by atoms with Gasteiger partial charge in [0.05, 0.1) is 18.1 Å². The lowest BCUT2D eigenvalue weighted by Gasteiger charge is -2.61. The molecule has 0 saturated carbocycles. The van der Waals surface area contributed by atoms with Gasteiger partial charge in [0.25, 0.3) is 0 Å². The van der Waals surface area contributed by atoms with Crippen LogP contribution in [0.15, 0.2) is 24.0 Å². The third-order valence-corrected chi connectivity index (χ3v) is 8.49. The van der Waals surface area contributed by atoms with E-state index in [1.165, 1.54) is 13.8 Å². The maximum Gasteiger partial charge on any atom is 0.408 e. The first-order valence-electron chi connectivity index (χ1n) is 13.6. The summed E-state index contributed by atoms with van der Waals surface area (Å²) in [7, 11) is 3.59. The van der Waals surface area contributed by atoms with Crippen molar-refractivity contribution in [2.24, 2.45) is 0 Å². The van der Waals surface area contributed by atoms with Crippen molar-refractivity contribution in [3.63, 3.8) is 0 Å². The van der Waals surface area contributed by atoms with E-state index in [2.05, 4.69) is 10.2 Å². The average molecular weight is 559 g/mol. The number of ether oxygens (including phenoxy) is 5. The molecule has 218 valence electrons. The first kappa shape index (κ1) is 28.2.